The minimum Gasteiger partial charge on any atom is -0.494 e. The average Bonchev–Trinajstić information content (AvgIpc) is 2.88. The number of halogens is 3. The van der Waals surface area contributed by atoms with E-state index in [0.29, 0.717) is 22.1 Å². The van der Waals surface area contributed by atoms with Crippen LogP contribution in [0.3, 0.4) is 0 Å². The summed E-state index contributed by atoms with van der Waals surface area (Å²) in [6, 6.07) is 10.1. The van der Waals surface area contributed by atoms with Gasteiger partial charge >= 0.3 is 0 Å². The molecule has 3 aromatic rings. The summed E-state index contributed by atoms with van der Waals surface area (Å²) in [5, 5.41) is 0.548. The lowest BCUT2D eigenvalue weighted by atomic mass is 10.2. The summed E-state index contributed by atoms with van der Waals surface area (Å²) in [6.45, 7) is 0. The Morgan fingerprint density at radius 3 is 2.81 bits per heavy atom. The van der Waals surface area contributed by atoms with Gasteiger partial charge in [0.15, 0.2) is 11.6 Å². The number of alkyl halides is 1. The zero-order valence-electron chi connectivity index (χ0n) is 11.1. The fraction of sp³-hybridized carbons (Fsp3) is 0.133. The Labute approximate surface area is 130 Å². The molecule has 0 unspecified atom stereocenters. The van der Waals surface area contributed by atoms with Gasteiger partial charge in [0.1, 0.15) is 11.3 Å². The Hall–Kier alpha value is -1.78. The van der Waals surface area contributed by atoms with Crippen LogP contribution in [0, 0.1) is 5.82 Å². The Bertz CT molecular complexity index is 817. The van der Waals surface area contributed by atoms with Crippen LogP contribution in [0.15, 0.2) is 36.4 Å². The molecule has 3 nitrogen and oxygen atoms in total. The lowest BCUT2D eigenvalue weighted by molar-refractivity contribution is 0.386. The number of hydrogen-bond acceptors (Lipinski definition) is 2. The predicted octanol–water partition coefficient (Wildman–Crippen LogP) is 4.57. The van der Waals surface area contributed by atoms with E-state index in [1.54, 1.807) is 18.2 Å². The molecule has 0 aliphatic carbocycles. The van der Waals surface area contributed by atoms with Gasteiger partial charge in [-0.2, -0.15) is 0 Å². The Balaban J connectivity index is 2.31. The van der Waals surface area contributed by atoms with E-state index in [1.807, 2.05) is 16.7 Å². The minimum absolute atomic E-state index is 0.164. The molecule has 0 spiro atoms. The molecule has 3 rings (SSSR count). The number of para-hydroxylation sites is 1. The van der Waals surface area contributed by atoms with Gasteiger partial charge in [-0.1, -0.05) is 17.7 Å². The molecule has 0 atom stereocenters. The maximum atomic E-state index is 13.6. The average molecular weight is 325 g/mol. The molecule has 0 aliphatic heterocycles. The van der Waals surface area contributed by atoms with Crippen LogP contribution < -0.4 is 4.74 Å². The van der Waals surface area contributed by atoms with Gasteiger partial charge in [-0.05, 0) is 24.3 Å². The van der Waals surface area contributed by atoms with Crippen LogP contribution in [-0.4, -0.2) is 16.7 Å². The summed E-state index contributed by atoms with van der Waals surface area (Å²) in [5.41, 5.74) is 2.19. The second-order valence-electron chi connectivity index (χ2n) is 4.42. The standard InChI is InChI=1S/C15H11Cl2FN2O/c1-21-13-7-9(5-6-11(13)18)20-12-4-2-3-10(17)15(12)19-14(20)8-16/h2-7H,8H2,1H3. The van der Waals surface area contributed by atoms with Crippen LogP contribution in [-0.2, 0) is 5.88 Å². The first kappa shape index (κ1) is 14.2. The molecule has 0 aliphatic rings. The quantitative estimate of drug-likeness (QED) is 0.660. The molecule has 0 radical (unpaired) electrons. The van der Waals surface area contributed by atoms with Gasteiger partial charge in [-0.15, -0.1) is 11.6 Å². The number of aromatic nitrogens is 2. The molecular weight excluding hydrogens is 314 g/mol. The van der Waals surface area contributed by atoms with E-state index < -0.39 is 5.82 Å². The van der Waals surface area contributed by atoms with Crippen LogP contribution in [0.25, 0.3) is 16.7 Å². The van der Waals surface area contributed by atoms with Crippen molar-refractivity contribution < 1.29 is 9.13 Å². The lowest BCUT2D eigenvalue weighted by Gasteiger charge is -2.10. The summed E-state index contributed by atoms with van der Waals surface area (Å²) in [7, 11) is 1.42. The molecule has 108 valence electrons. The van der Waals surface area contributed by atoms with E-state index >= 15 is 0 Å². The van der Waals surface area contributed by atoms with Gasteiger partial charge < -0.3 is 4.74 Å². The third-order valence-electron chi connectivity index (χ3n) is 3.22. The maximum absolute atomic E-state index is 13.6. The molecule has 1 heterocycles. The normalized spacial score (nSPS) is 11.0. The van der Waals surface area contributed by atoms with E-state index in [0.717, 1.165) is 5.52 Å². The number of ether oxygens (including phenoxy) is 1. The second kappa shape index (κ2) is 5.54. The highest BCUT2D eigenvalue weighted by molar-refractivity contribution is 6.35. The maximum Gasteiger partial charge on any atom is 0.165 e. The molecular formula is C15H11Cl2FN2O. The minimum atomic E-state index is -0.420. The van der Waals surface area contributed by atoms with Crippen molar-refractivity contribution in [3.63, 3.8) is 0 Å². The molecule has 0 N–H and O–H groups in total. The molecule has 0 saturated heterocycles. The van der Waals surface area contributed by atoms with Crippen molar-refractivity contribution in [2.24, 2.45) is 0 Å². The second-order valence-corrected chi connectivity index (χ2v) is 5.10. The summed E-state index contributed by atoms with van der Waals surface area (Å²) >= 11 is 12.1. The highest BCUT2D eigenvalue weighted by atomic mass is 35.5. The van der Waals surface area contributed by atoms with Crippen LogP contribution in [0.5, 0.6) is 5.75 Å². The molecule has 1 aromatic heterocycles. The summed E-state index contributed by atoms with van der Waals surface area (Å²) in [4.78, 5) is 4.45. The van der Waals surface area contributed by atoms with Crippen molar-refractivity contribution in [2.45, 2.75) is 5.88 Å². The van der Waals surface area contributed by atoms with E-state index in [2.05, 4.69) is 4.98 Å². The Morgan fingerprint density at radius 2 is 2.10 bits per heavy atom. The monoisotopic (exact) mass is 324 g/mol. The third kappa shape index (κ3) is 2.34. The van der Waals surface area contributed by atoms with Crippen molar-refractivity contribution in [3.05, 3.63) is 53.1 Å². The summed E-state index contributed by atoms with van der Waals surface area (Å²) in [5.74, 6) is 0.589. The highest BCUT2D eigenvalue weighted by Gasteiger charge is 2.15. The number of nitrogens with zero attached hydrogens (tertiary/aromatic N) is 2. The number of benzene rings is 2. The van der Waals surface area contributed by atoms with Gasteiger partial charge in [0.2, 0.25) is 0 Å². The first-order valence-corrected chi connectivity index (χ1v) is 7.12. The molecule has 0 fully saturated rings. The van der Waals surface area contributed by atoms with Crippen LogP contribution in [0.1, 0.15) is 5.82 Å². The zero-order valence-corrected chi connectivity index (χ0v) is 12.6. The SMILES string of the molecule is COc1cc(-n2c(CCl)nc3c(Cl)cccc32)ccc1F. The third-order valence-corrected chi connectivity index (χ3v) is 3.76. The lowest BCUT2D eigenvalue weighted by Crippen LogP contribution is -2.00. The van der Waals surface area contributed by atoms with E-state index in [1.165, 1.54) is 13.2 Å². The fourth-order valence-corrected chi connectivity index (χ4v) is 2.67. The molecule has 0 amide bonds. The van der Waals surface area contributed by atoms with Gasteiger partial charge in [0.05, 0.1) is 29.2 Å². The number of rotatable bonds is 3. The van der Waals surface area contributed by atoms with Crippen molar-refractivity contribution in [2.75, 3.05) is 7.11 Å². The van der Waals surface area contributed by atoms with E-state index in [4.69, 9.17) is 27.9 Å². The van der Waals surface area contributed by atoms with Gasteiger partial charge in [0.25, 0.3) is 0 Å². The molecule has 0 saturated carbocycles. The fourth-order valence-electron chi connectivity index (χ4n) is 2.28. The number of hydrogen-bond donors (Lipinski definition) is 0. The Morgan fingerprint density at radius 1 is 1.29 bits per heavy atom. The molecule has 6 heteroatoms. The van der Waals surface area contributed by atoms with E-state index in [-0.39, 0.29) is 11.6 Å². The van der Waals surface area contributed by atoms with Crippen molar-refractivity contribution in [3.8, 4) is 11.4 Å². The van der Waals surface area contributed by atoms with Crippen LogP contribution in [0.2, 0.25) is 5.02 Å². The highest BCUT2D eigenvalue weighted by Crippen LogP contribution is 2.29. The van der Waals surface area contributed by atoms with Crippen LogP contribution in [0.4, 0.5) is 4.39 Å². The zero-order chi connectivity index (χ0) is 15.0. The first-order chi connectivity index (χ1) is 10.2. The van der Waals surface area contributed by atoms with Crippen molar-refractivity contribution in [1.82, 2.24) is 9.55 Å². The number of imidazole rings is 1. The van der Waals surface area contributed by atoms with Gasteiger partial charge in [-0.3, -0.25) is 4.57 Å². The van der Waals surface area contributed by atoms with Crippen LogP contribution >= 0.6 is 23.2 Å². The van der Waals surface area contributed by atoms with Crippen molar-refractivity contribution in [1.29, 1.82) is 0 Å². The molecule has 2 aromatic carbocycles. The molecule has 0 bridgehead atoms. The Kier molecular flexibility index (Phi) is 3.74. The van der Waals surface area contributed by atoms with E-state index in [9.17, 15) is 4.39 Å². The smallest absolute Gasteiger partial charge is 0.165 e. The van der Waals surface area contributed by atoms with Crippen molar-refractivity contribution >= 4 is 34.2 Å². The summed E-state index contributed by atoms with van der Waals surface area (Å²) < 4.78 is 20.4. The number of fused-ring (bicyclic) bond motifs is 1. The van der Waals surface area contributed by atoms with Gasteiger partial charge in [-0.25, -0.2) is 9.37 Å². The summed E-state index contributed by atoms with van der Waals surface area (Å²) in [6.07, 6.45) is 0. The topological polar surface area (TPSA) is 27.1 Å². The largest absolute Gasteiger partial charge is 0.494 e. The predicted molar refractivity (Wildman–Crippen MR) is 82.1 cm³/mol. The van der Waals surface area contributed by atoms with Gasteiger partial charge in [0, 0.05) is 6.07 Å². The first-order valence-electron chi connectivity index (χ1n) is 6.21. The molecule has 21 heavy (non-hydrogen) atoms. The number of methoxy groups -OCH3 is 1.